The molecule has 15 heteroatoms. The van der Waals surface area contributed by atoms with Crippen molar-refractivity contribution in [1.29, 1.82) is 0 Å². The Hall–Kier alpha value is -10.6. The average Bonchev–Trinajstić information content (AvgIpc) is 2.57. The van der Waals surface area contributed by atoms with Gasteiger partial charge in [0.15, 0.2) is 0 Å². The molecule has 10 aromatic rings. The molecular weight excluding hydrogens is 1140 g/mol. The van der Waals surface area contributed by atoms with Crippen LogP contribution in [0.3, 0.4) is 0 Å². The highest BCUT2D eigenvalue weighted by molar-refractivity contribution is 5.87. The number of aliphatic carboxylic acids is 1. The number of aliphatic imine (C=N–C) groups is 1. The number of alkyl halides is 2. The van der Waals surface area contributed by atoms with Gasteiger partial charge >= 0.3 is 11.9 Å². The number of anilines is 2. The fourth-order valence-electron chi connectivity index (χ4n) is 9.34. The molecule has 90 heavy (non-hydrogen) atoms. The minimum absolute atomic E-state index is 0.147. The van der Waals surface area contributed by atoms with Crippen LogP contribution in [0.5, 0.6) is 0 Å². The number of esters is 1. The van der Waals surface area contributed by atoms with Gasteiger partial charge in [0.1, 0.15) is 17.3 Å². The first-order valence-corrected chi connectivity index (χ1v) is 29.2. The number of carboxylic acid groups (broad SMARTS) is 1. The van der Waals surface area contributed by atoms with E-state index in [0.29, 0.717) is 69.9 Å². The Balaban J connectivity index is 0.000000193. The molecule has 2 heterocycles. The Morgan fingerprint density at radius 2 is 0.911 bits per heavy atom. The molecule has 0 spiro atoms. The van der Waals surface area contributed by atoms with E-state index in [-0.39, 0.29) is 41.0 Å². The summed E-state index contributed by atoms with van der Waals surface area (Å²) in [7, 11) is 1.39. The Kier molecular flexibility index (Phi) is 27.8. The zero-order chi connectivity index (χ0) is 64.6. The highest BCUT2D eigenvalue weighted by Gasteiger charge is 2.11. The van der Waals surface area contributed by atoms with E-state index in [4.69, 9.17) is 16.6 Å². The van der Waals surface area contributed by atoms with Gasteiger partial charge in [0, 0.05) is 104 Å². The molecule has 8 aromatic carbocycles. The molecule has 10 rings (SSSR count). The summed E-state index contributed by atoms with van der Waals surface area (Å²) < 4.78 is 28.7. The number of nitrogens with two attached hydrogens (primary N) is 2. The molecular formula is C75H73F2N5O8. The minimum atomic E-state index is -2.54. The standard InChI is InChI=1S/C29H27NO2.C20H22O3.C9H8N2.C9H11NO2.C8H5F2NO/c1-21-3-2-4-24(15-21)19-29(32)17-23-7-5-22(6-8-23)10-12-28(31)18-25-9-11-27-20-30-14-13-26(27)16-25;1-15-4-3-5-18(12-15)14-19(21)13-17-8-6-16(7-9-17)10-11-20(22)23-2;10-9-2-1-8-6-11-4-3-7(8)5-9;10-8-4-1-7(2-5-8)3-6-9(11)12;9-8(10)6-2-1-3-7(4-6)11-5-12/h2-9,11,13-16,20H,10,12,17-19H2,1H3;3-9,12H,10-11,13-14H2,1-2H3;1-6H,10H2;1-2,4-5H,3,6,10H2,(H,11,12);1-4,8H. The molecule has 0 saturated heterocycles. The number of nitrogens with zero attached hydrogens (tertiary/aromatic N) is 3. The molecule has 0 radical (unpaired) electrons. The van der Waals surface area contributed by atoms with Gasteiger partial charge in [-0.3, -0.25) is 33.9 Å². The van der Waals surface area contributed by atoms with Crippen molar-refractivity contribution in [3.8, 4) is 0 Å². The number of benzene rings is 8. The van der Waals surface area contributed by atoms with Crippen molar-refractivity contribution in [2.45, 2.75) is 90.9 Å². The van der Waals surface area contributed by atoms with Gasteiger partial charge in [0.25, 0.3) is 6.43 Å². The maximum atomic E-state index is 12.5. The van der Waals surface area contributed by atoms with Crippen LogP contribution in [-0.2, 0) is 84.9 Å². The second-order valence-corrected chi connectivity index (χ2v) is 21.5. The first kappa shape index (κ1) is 68.5. The van der Waals surface area contributed by atoms with Gasteiger partial charge < -0.3 is 21.3 Å². The Bertz CT molecular complexity index is 4020. The lowest BCUT2D eigenvalue weighted by Crippen LogP contribution is -2.07. The van der Waals surface area contributed by atoms with Crippen molar-refractivity contribution in [2.24, 2.45) is 4.99 Å². The van der Waals surface area contributed by atoms with Gasteiger partial charge in [0.2, 0.25) is 6.08 Å². The third-order valence-electron chi connectivity index (χ3n) is 14.0. The lowest BCUT2D eigenvalue weighted by Gasteiger charge is -2.06. The number of isocyanates is 1. The zero-order valence-electron chi connectivity index (χ0n) is 50.7. The number of rotatable bonds is 21. The maximum Gasteiger partial charge on any atom is 0.305 e. The number of carbonyl (C=O) groups excluding carboxylic acids is 5. The van der Waals surface area contributed by atoms with Crippen LogP contribution in [0.15, 0.2) is 224 Å². The number of pyridine rings is 2. The van der Waals surface area contributed by atoms with Gasteiger partial charge in [-0.25, -0.2) is 13.6 Å². The van der Waals surface area contributed by atoms with Crippen LogP contribution in [0.4, 0.5) is 25.8 Å². The van der Waals surface area contributed by atoms with Crippen LogP contribution in [0.25, 0.3) is 21.5 Å². The van der Waals surface area contributed by atoms with Crippen molar-refractivity contribution in [1.82, 2.24) is 9.97 Å². The fraction of sp³-hybridized carbons (Fsp3) is 0.200. The van der Waals surface area contributed by atoms with E-state index < -0.39 is 12.4 Å². The van der Waals surface area contributed by atoms with Gasteiger partial charge in [-0.15, -0.1) is 0 Å². The summed E-state index contributed by atoms with van der Waals surface area (Å²) in [5.74, 6) is -0.326. The van der Waals surface area contributed by atoms with Crippen LogP contribution < -0.4 is 11.5 Å². The summed E-state index contributed by atoms with van der Waals surface area (Å²) in [4.78, 5) is 79.5. The van der Waals surface area contributed by atoms with Gasteiger partial charge in [0.05, 0.1) is 12.8 Å². The summed E-state index contributed by atoms with van der Waals surface area (Å²) in [6.07, 6.45) is 11.2. The van der Waals surface area contributed by atoms with Crippen molar-refractivity contribution in [3.05, 3.63) is 280 Å². The van der Waals surface area contributed by atoms with Crippen molar-refractivity contribution in [2.75, 3.05) is 18.6 Å². The van der Waals surface area contributed by atoms with E-state index >= 15 is 0 Å². The molecule has 0 aliphatic heterocycles. The summed E-state index contributed by atoms with van der Waals surface area (Å²) in [6.45, 7) is 4.07. The lowest BCUT2D eigenvalue weighted by atomic mass is 9.98. The molecule has 0 atom stereocenters. The summed E-state index contributed by atoms with van der Waals surface area (Å²) in [5, 5.41) is 12.9. The number of hydrogen-bond donors (Lipinski definition) is 3. The number of aromatic nitrogens is 2. The Labute approximate surface area is 523 Å². The monoisotopic (exact) mass is 1210 g/mol. The van der Waals surface area contributed by atoms with E-state index in [2.05, 4.69) is 31.8 Å². The van der Waals surface area contributed by atoms with Gasteiger partial charge in [-0.1, -0.05) is 157 Å². The summed E-state index contributed by atoms with van der Waals surface area (Å²) in [6, 6.07) is 60.4. The Morgan fingerprint density at radius 3 is 1.42 bits per heavy atom. The molecule has 460 valence electrons. The van der Waals surface area contributed by atoms with Crippen LogP contribution in [0, 0.1) is 13.8 Å². The highest BCUT2D eigenvalue weighted by Crippen LogP contribution is 2.23. The van der Waals surface area contributed by atoms with E-state index in [0.717, 1.165) is 77.8 Å². The number of ether oxygens (including phenoxy) is 1. The van der Waals surface area contributed by atoms with E-state index in [1.54, 1.807) is 24.5 Å². The molecule has 2 aromatic heterocycles. The molecule has 0 aliphatic carbocycles. The SMILES string of the molecule is COC(=O)CCc1ccc(CC(=O)Cc2cccc(C)c2)cc1.Cc1cccc(CC(=O)Cc2ccc(CCC(=O)Cc3ccc4cnccc4c3)cc2)c1.Nc1ccc(CCC(=O)O)cc1.Nc1ccc2cnccc2c1.O=C=Nc1cccc(C(F)F)c1. The number of methoxy groups -OCH3 is 1. The predicted molar refractivity (Wildman–Crippen MR) is 351 cm³/mol. The molecule has 13 nitrogen and oxygen atoms in total. The van der Waals surface area contributed by atoms with E-state index in [9.17, 15) is 37.5 Å². The molecule has 0 saturated carbocycles. The number of aryl methyl sites for hydroxylation is 5. The highest BCUT2D eigenvalue weighted by atomic mass is 19.3. The fourth-order valence-corrected chi connectivity index (χ4v) is 9.34. The second-order valence-electron chi connectivity index (χ2n) is 21.5. The Morgan fingerprint density at radius 1 is 0.478 bits per heavy atom. The number of carbonyl (C=O) groups is 5. The smallest absolute Gasteiger partial charge is 0.305 e. The van der Waals surface area contributed by atoms with Crippen molar-refractivity contribution >= 4 is 74.0 Å². The van der Waals surface area contributed by atoms with Crippen molar-refractivity contribution < 1.29 is 47.4 Å². The first-order valence-electron chi connectivity index (χ1n) is 29.2. The topological polar surface area (TPSA) is 222 Å². The van der Waals surface area contributed by atoms with Crippen LogP contribution in [0.1, 0.15) is 86.9 Å². The number of hydrogen-bond acceptors (Lipinski definition) is 12. The number of Topliss-reactive ketones (excluding diaryl/α,β-unsaturated/α-hetero) is 3. The quantitative estimate of drug-likeness (QED) is 0.0265. The average molecular weight is 1210 g/mol. The molecule has 0 amide bonds. The second kappa shape index (κ2) is 36.5. The first-order chi connectivity index (χ1) is 43.4. The summed E-state index contributed by atoms with van der Waals surface area (Å²) in [5.41, 5.74) is 23.3. The minimum Gasteiger partial charge on any atom is -0.481 e. The lowest BCUT2D eigenvalue weighted by molar-refractivity contribution is -0.140. The van der Waals surface area contributed by atoms with Crippen molar-refractivity contribution in [3.63, 3.8) is 0 Å². The molecule has 0 bridgehead atoms. The molecule has 0 aliphatic rings. The maximum absolute atomic E-state index is 12.5. The van der Waals surface area contributed by atoms with Gasteiger partial charge in [-0.2, -0.15) is 4.99 Å². The third-order valence-corrected chi connectivity index (χ3v) is 14.0. The van der Waals surface area contributed by atoms with E-state index in [1.807, 2.05) is 172 Å². The van der Waals surface area contributed by atoms with E-state index in [1.165, 1.54) is 42.5 Å². The number of nitrogen functional groups attached to an aromatic ring is 2. The number of fused-ring (bicyclic) bond motifs is 2. The molecule has 0 fully saturated rings. The number of ketones is 3. The van der Waals surface area contributed by atoms with Crippen LogP contribution >= 0.6 is 0 Å². The molecule has 5 N–H and O–H groups in total. The number of carboxylic acids is 1. The van der Waals surface area contributed by atoms with Gasteiger partial charge in [-0.05, 0) is 137 Å². The predicted octanol–water partition coefficient (Wildman–Crippen LogP) is 14.8. The van der Waals surface area contributed by atoms with Crippen LogP contribution in [-0.4, -0.2) is 57.6 Å². The normalized spacial score (nSPS) is 10.3. The third kappa shape index (κ3) is 25.4. The number of halogens is 2. The molecule has 0 unspecified atom stereocenters. The summed E-state index contributed by atoms with van der Waals surface area (Å²) >= 11 is 0. The largest absolute Gasteiger partial charge is 0.481 e. The zero-order valence-corrected chi connectivity index (χ0v) is 50.7. The van der Waals surface area contributed by atoms with Crippen LogP contribution in [0.2, 0.25) is 0 Å².